The second-order valence-electron chi connectivity index (χ2n) is 8.45. The number of nitrogens with zero attached hydrogens (tertiary/aromatic N) is 3. The van der Waals surface area contributed by atoms with E-state index >= 15 is 0 Å². The molecule has 1 saturated heterocycles. The molecule has 2 N–H and O–H groups in total. The van der Waals surface area contributed by atoms with Crippen LogP contribution in [-0.4, -0.2) is 47.0 Å². The minimum Gasteiger partial charge on any atom is -0.497 e. The lowest BCUT2D eigenvalue weighted by atomic mass is 9.96. The van der Waals surface area contributed by atoms with Crippen molar-refractivity contribution in [2.45, 2.75) is 38.9 Å². The minimum atomic E-state index is -0.166. The highest BCUT2D eigenvalue weighted by molar-refractivity contribution is 6.11. The molecule has 8 heteroatoms. The van der Waals surface area contributed by atoms with Gasteiger partial charge in [0.1, 0.15) is 5.75 Å². The van der Waals surface area contributed by atoms with Crippen LogP contribution in [-0.2, 0) is 17.8 Å². The van der Waals surface area contributed by atoms with Crippen molar-refractivity contribution in [2.24, 2.45) is 0 Å². The highest BCUT2D eigenvalue weighted by Gasteiger charge is 2.27. The Balaban J connectivity index is 1.54. The molecule has 34 heavy (non-hydrogen) atoms. The molecule has 1 aliphatic carbocycles. The maximum absolute atomic E-state index is 13.7. The van der Waals surface area contributed by atoms with E-state index in [0.29, 0.717) is 37.6 Å². The lowest BCUT2D eigenvalue weighted by molar-refractivity contribution is 0.0904. The standard InChI is InChI=1S/C26H29N5O3/c1-3-31-25-21(16-28-31)24(29-19-11-13-34-14-12-19)22(23(30-25)18-5-4-6-18)26(32)27-15-17-7-9-20(33-2)10-8-17/h4-10,16,19H,3,11-15H2,1-2H3,(H,27,32)(H,29,30). The predicted molar refractivity (Wildman–Crippen MR) is 132 cm³/mol. The first-order valence-electron chi connectivity index (χ1n) is 11.7. The normalized spacial score (nSPS) is 15.6. The number of carbonyl (C=O) groups excluding carboxylic acids is 1. The molecule has 3 heterocycles. The Kier molecular flexibility index (Phi) is 6.31. The topological polar surface area (TPSA) is 90.3 Å². The van der Waals surface area contributed by atoms with Crippen molar-refractivity contribution in [3.8, 4) is 5.75 Å². The van der Waals surface area contributed by atoms with E-state index in [0.717, 1.165) is 46.4 Å². The summed E-state index contributed by atoms with van der Waals surface area (Å²) in [5, 5.41) is 12.1. The average molecular weight is 460 g/mol. The van der Waals surface area contributed by atoms with Gasteiger partial charge in [-0.05, 0) is 37.5 Å². The summed E-state index contributed by atoms with van der Waals surface area (Å²) in [6, 6.07) is 7.90. The molecular weight excluding hydrogens is 430 g/mol. The maximum Gasteiger partial charge on any atom is 0.255 e. The fourth-order valence-electron chi connectivity index (χ4n) is 4.31. The molecule has 3 aromatic rings. The maximum atomic E-state index is 13.7. The van der Waals surface area contributed by atoms with Crippen LogP contribution in [0.5, 0.6) is 5.75 Å². The van der Waals surface area contributed by atoms with Gasteiger partial charge in [-0.25, -0.2) is 9.67 Å². The van der Waals surface area contributed by atoms with E-state index in [1.54, 1.807) is 7.11 Å². The van der Waals surface area contributed by atoms with Crippen LogP contribution in [0.2, 0.25) is 0 Å². The van der Waals surface area contributed by atoms with Gasteiger partial charge in [0.2, 0.25) is 0 Å². The third kappa shape index (κ3) is 4.28. The lowest BCUT2D eigenvalue weighted by Gasteiger charge is -2.26. The van der Waals surface area contributed by atoms with Crippen LogP contribution < -0.4 is 15.4 Å². The van der Waals surface area contributed by atoms with Gasteiger partial charge in [0.05, 0.1) is 35.6 Å². The largest absolute Gasteiger partial charge is 0.497 e. The van der Waals surface area contributed by atoms with E-state index in [2.05, 4.69) is 15.7 Å². The van der Waals surface area contributed by atoms with Gasteiger partial charge in [-0.2, -0.15) is 5.10 Å². The van der Waals surface area contributed by atoms with Crippen LogP contribution >= 0.6 is 0 Å². The molecule has 1 aliphatic heterocycles. The smallest absolute Gasteiger partial charge is 0.255 e. The summed E-state index contributed by atoms with van der Waals surface area (Å²) in [4.78, 5) is 18.6. The Morgan fingerprint density at radius 3 is 2.65 bits per heavy atom. The first-order valence-corrected chi connectivity index (χ1v) is 11.7. The molecule has 5 rings (SSSR count). The summed E-state index contributed by atoms with van der Waals surface area (Å²) in [6.45, 7) is 4.56. The molecule has 176 valence electrons. The second-order valence-corrected chi connectivity index (χ2v) is 8.45. The Hall–Kier alpha value is -3.65. The van der Waals surface area contributed by atoms with Gasteiger partial charge in [-0.3, -0.25) is 4.79 Å². The zero-order valence-corrected chi connectivity index (χ0v) is 19.5. The highest BCUT2D eigenvalue weighted by atomic mass is 16.5. The van der Waals surface area contributed by atoms with Gasteiger partial charge in [0, 0.05) is 37.9 Å². The number of carbonyl (C=O) groups is 1. The third-order valence-electron chi connectivity index (χ3n) is 6.32. The summed E-state index contributed by atoms with van der Waals surface area (Å²) >= 11 is 0. The first-order chi connectivity index (χ1) is 16.7. The Morgan fingerprint density at radius 2 is 2.00 bits per heavy atom. The van der Waals surface area contributed by atoms with Crippen molar-refractivity contribution < 1.29 is 14.3 Å². The SMILES string of the molecule is CCn1ncc2c(NC3CCOCC3)c(C(=O)NCc3ccc(OC)cc3)c(C3=CC=C3)nc21. The van der Waals surface area contributed by atoms with E-state index < -0.39 is 0 Å². The van der Waals surface area contributed by atoms with Crippen LogP contribution in [0, 0.1) is 0 Å². The van der Waals surface area contributed by atoms with Crippen molar-refractivity contribution in [1.29, 1.82) is 0 Å². The van der Waals surface area contributed by atoms with Crippen LogP contribution in [0.15, 0.2) is 48.7 Å². The molecule has 0 spiro atoms. The molecule has 1 amide bonds. The second kappa shape index (κ2) is 9.69. The summed E-state index contributed by atoms with van der Waals surface area (Å²) in [5.41, 5.74) is 4.73. The fourth-order valence-corrected chi connectivity index (χ4v) is 4.31. The van der Waals surface area contributed by atoms with Crippen molar-refractivity contribution in [3.63, 3.8) is 0 Å². The molecule has 0 atom stereocenters. The van der Waals surface area contributed by atoms with Crippen LogP contribution in [0.25, 0.3) is 16.6 Å². The minimum absolute atomic E-state index is 0.166. The quantitative estimate of drug-likeness (QED) is 0.530. The van der Waals surface area contributed by atoms with Crippen LogP contribution in [0.4, 0.5) is 5.69 Å². The number of anilines is 1. The lowest BCUT2D eigenvalue weighted by Crippen LogP contribution is -2.31. The molecule has 2 aromatic heterocycles. The van der Waals surface area contributed by atoms with Gasteiger partial charge < -0.3 is 20.1 Å². The van der Waals surface area contributed by atoms with Gasteiger partial charge in [0.25, 0.3) is 5.91 Å². The third-order valence-corrected chi connectivity index (χ3v) is 6.32. The molecule has 0 bridgehead atoms. The molecule has 0 radical (unpaired) electrons. The van der Waals surface area contributed by atoms with Crippen LogP contribution in [0.1, 0.15) is 41.4 Å². The van der Waals surface area contributed by atoms with Crippen molar-refractivity contribution >= 4 is 28.2 Å². The average Bonchev–Trinajstić information content (AvgIpc) is 3.25. The van der Waals surface area contributed by atoms with E-state index in [4.69, 9.17) is 14.5 Å². The number of rotatable bonds is 8. The van der Waals surface area contributed by atoms with E-state index in [1.807, 2.05) is 60.3 Å². The number of benzene rings is 1. The van der Waals surface area contributed by atoms with Crippen molar-refractivity contribution in [1.82, 2.24) is 20.1 Å². The summed E-state index contributed by atoms with van der Waals surface area (Å²) in [6.07, 6.45) is 9.51. The molecular formula is C26H29N5O3. The number of hydrogen-bond acceptors (Lipinski definition) is 6. The van der Waals surface area contributed by atoms with E-state index in [1.165, 1.54) is 0 Å². The van der Waals surface area contributed by atoms with Crippen molar-refractivity contribution in [3.05, 3.63) is 65.5 Å². The number of hydrogen-bond donors (Lipinski definition) is 2. The van der Waals surface area contributed by atoms with E-state index in [9.17, 15) is 4.79 Å². The molecule has 2 aliphatic rings. The Labute approximate surface area is 198 Å². The van der Waals surface area contributed by atoms with Crippen molar-refractivity contribution in [2.75, 3.05) is 25.6 Å². The Morgan fingerprint density at radius 1 is 1.24 bits per heavy atom. The summed E-state index contributed by atoms with van der Waals surface area (Å²) in [5.74, 6) is 0.617. The molecule has 8 nitrogen and oxygen atoms in total. The number of allylic oxidation sites excluding steroid dienone is 4. The van der Waals surface area contributed by atoms with Crippen LogP contribution in [0.3, 0.4) is 0 Å². The van der Waals surface area contributed by atoms with Gasteiger partial charge in [-0.1, -0.05) is 30.4 Å². The molecule has 1 fully saturated rings. The van der Waals surface area contributed by atoms with Gasteiger partial charge in [0.15, 0.2) is 5.65 Å². The summed E-state index contributed by atoms with van der Waals surface area (Å²) < 4.78 is 12.6. The molecule has 1 aromatic carbocycles. The zero-order valence-electron chi connectivity index (χ0n) is 19.5. The van der Waals surface area contributed by atoms with Gasteiger partial charge in [-0.15, -0.1) is 0 Å². The number of fused-ring (bicyclic) bond motifs is 1. The highest BCUT2D eigenvalue weighted by Crippen LogP contribution is 2.35. The predicted octanol–water partition coefficient (Wildman–Crippen LogP) is 3.93. The molecule has 0 saturated carbocycles. The molecule has 0 unspecified atom stereocenters. The number of aryl methyl sites for hydroxylation is 1. The monoisotopic (exact) mass is 459 g/mol. The number of amides is 1. The zero-order chi connectivity index (χ0) is 23.5. The Bertz CT molecular complexity index is 1250. The number of ether oxygens (including phenoxy) is 2. The fraction of sp³-hybridized carbons (Fsp3) is 0.346. The van der Waals surface area contributed by atoms with Gasteiger partial charge >= 0.3 is 0 Å². The summed E-state index contributed by atoms with van der Waals surface area (Å²) in [7, 11) is 1.64. The number of aromatic nitrogens is 3. The number of nitrogens with one attached hydrogen (secondary N) is 2. The van der Waals surface area contributed by atoms with E-state index in [-0.39, 0.29) is 11.9 Å². The number of pyridine rings is 1. The first kappa shape index (κ1) is 22.2. The number of methoxy groups -OCH3 is 1.